The molecule has 1 aromatic rings. The van der Waals surface area contributed by atoms with Crippen molar-refractivity contribution >= 4 is 0 Å². The maximum absolute atomic E-state index is 5.58. The van der Waals surface area contributed by atoms with E-state index in [1.165, 1.54) is 0 Å². The van der Waals surface area contributed by atoms with E-state index in [0.29, 0.717) is 6.61 Å². The molecule has 0 saturated carbocycles. The van der Waals surface area contributed by atoms with Crippen LogP contribution in [0, 0.1) is 0 Å². The molecule has 0 bridgehead atoms. The van der Waals surface area contributed by atoms with Gasteiger partial charge in [-0.15, -0.1) is 0 Å². The summed E-state index contributed by atoms with van der Waals surface area (Å²) in [5.41, 5.74) is 0. The van der Waals surface area contributed by atoms with Crippen LogP contribution in [-0.2, 0) is 0 Å². The van der Waals surface area contributed by atoms with Crippen LogP contribution in [0.4, 0.5) is 0 Å². The zero-order valence-electron chi connectivity index (χ0n) is 8.91. The molecule has 0 spiro atoms. The maximum atomic E-state index is 5.58. The topological polar surface area (TPSA) is 18.5 Å². The Kier molecular flexibility index (Phi) is 4.05. The molecule has 0 aliphatic rings. The van der Waals surface area contributed by atoms with Crippen LogP contribution in [0.25, 0.3) is 0 Å². The lowest BCUT2D eigenvalue weighted by Crippen LogP contribution is -1.96. The van der Waals surface area contributed by atoms with Gasteiger partial charge in [0, 0.05) is 0 Å². The van der Waals surface area contributed by atoms with E-state index in [-0.39, 0.29) is 0 Å². The first-order valence-electron chi connectivity index (χ1n) is 4.80. The highest BCUT2D eigenvalue weighted by atomic mass is 16.5. The van der Waals surface area contributed by atoms with Crippen LogP contribution in [0.5, 0.6) is 11.5 Å². The SMILES string of the molecule is CC=C(C)Oc1ccccc1OCC. The van der Waals surface area contributed by atoms with Gasteiger partial charge in [0.05, 0.1) is 12.4 Å². The Hall–Kier alpha value is -1.44. The monoisotopic (exact) mass is 192 g/mol. The summed E-state index contributed by atoms with van der Waals surface area (Å²) in [6.07, 6.45) is 1.92. The fourth-order valence-corrected chi connectivity index (χ4v) is 1.04. The summed E-state index contributed by atoms with van der Waals surface area (Å²) in [7, 11) is 0. The average molecular weight is 192 g/mol. The second-order valence-corrected chi connectivity index (χ2v) is 2.88. The highest BCUT2D eigenvalue weighted by Gasteiger charge is 2.03. The minimum atomic E-state index is 0.648. The molecule has 0 fully saturated rings. The molecule has 0 aliphatic carbocycles. The van der Waals surface area contributed by atoms with Crippen LogP contribution in [0.3, 0.4) is 0 Å². The van der Waals surface area contributed by atoms with Crippen LogP contribution < -0.4 is 9.47 Å². The molecule has 0 heterocycles. The summed E-state index contributed by atoms with van der Waals surface area (Å²) in [5.74, 6) is 2.43. The predicted octanol–water partition coefficient (Wildman–Crippen LogP) is 3.39. The van der Waals surface area contributed by atoms with Gasteiger partial charge in [-0.1, -0.05) is 12.1 Å². The Morgan fingerprint density at radius 1 is 1.29 bits per heavy atom. The fraction of sp³-hybridized carbons (Fsp3) is 0.333. The smallest absolute Gasteiger partial charge is 0.168 e. The molecule has 0 radical (unpaired) electrons. The van der Waals surface area contributed by atoms with E-state index in [1.807, 2.05) is 51.1 Å². The van der Waals surface area contributed by atoms with Gasteiger partial charge in [0.25, 0.3) is 0 Å². The van der Waals surface area contributed by atoms with E-state index in [0.717, 1.165) is 17.3 Å². The highest BCUT2D eigenvalue weighted by molar-refractivity contribution is 5.40. The molecule has 2 nitrogen and oxygen atoms in total. The predicted molar refractivity (Wildman–Crippen MR) is 57.7 cm³/mol. The zero-order chi connectivity index (χ0) is 10.4. The van der Waals surface area contributed by atoms with Gasteiger partial charge in [0.2, 0.25) is 0 Å². The molecular formula is C12H16O2. The number of hydrogen-bond acceptors (Lipinski definition) is 2. The third-order valence-corrected chi connectivity index (χ3v) is 1.83. The first-order chi connectivity index (χ1) is 6.77. The van der Waals surface area contributed by atoms with Gasteiger partial charge in [0.15, 0.2) is 11.5 Å². The van der Waals surface area contributed by atoms with Crippen molar-refractivity contribution in [2.75, 3.05) is 6.61 Å². The maximum Gasteiger partial charge on any atom is 0.168 e. The van der Waals surface area contributed by atoms with Crippen molar-refractivity contribution in [2.24, 2.45) is 0 Å². The third kappa shape index (κ3) is 2.80. The van der Waals surface area contributed by atoms with Crippen LogP contribution in [0.1, 0.15) is 20.8 Å². The largest absolute Gasteiger partial charge is 0.490 e. The van der Waals surface area contributed by atoms with E-state index in [4.69, 9.17) is 9.47 Å². The molecule has 1 rings (SSSR count). The van der Waals surface area contributed by atoms with E-state index in [1.54, 1.807) is 0 Å². The standard InChI is InChI=1S/C12H16O2/c1-4-10(3)14-12-9-7-6-8-11(12)13-5-2/h4,6-9H,5H2,1-3H3. The molecule has 1 aromatic carbocycles. The van der Waals surface area contributed by atoms with Gasteiger partial charge in [-0.05, 0) is 39.0 Å². The molecule has 0 atom stereocenters. The third-order valence-electron chi connectivity index (χ3n) is 1.83. The Morgan fingerprint density at radius 2 is 1.93 bits per heavy atom. The molecule has 0 N–H and O–H groups in total. The van der Waals surface area contributed by atoms with Gasteiger partial charge >= 0.3 is 0 Å². The van der Waals surface area contributed by atoms with Crippen LogP contribution >= 0.6 is 0 Å². The fourth-order valence-electron chi connectivity index (χ4n) is 1.04. The summed E-state index contributed by atoms with van der Waals surface area (Å²) in [6, 6.07) is 7.67. The molecule has 14 heavy (non-hydrogen) atoms. The average Bonchev–Trinajstić information content (AvgIpc) is 2.21. The number of hydrogen-bond donors (Lipinski definition) is 0. The molecule has 76 valence electrons. The lowest BCUT2D eigenvalue weighted by molar-refractivity contribution is 0.314. The Bertz CT molecular complexity index is 316. The second-order valence-electron chi connectivity index (χ2n) is 2.88. The minimum Gasteiger partial charge on any atom is -0.490 e. The molecule has 0 amide bonds. The van der Waals surface area contributed by atoms with Crippen LogP contribution in [0.2, 0.25) is 0 Å². The summed E-state index contributed by atoms with van der Waals surface area (Å²) >= 11 is 0. The molecule has 0 saturated heterocycles. The number of benzene rings is 1. The Balaban J connectivity index is 2.84. The number of para-hydroxylation sites is 2. The van der Waals surface area contributed by atoms with Crippen LogP contribution in [0.15, 0.2) is 36.1 Å². The van der Waals surface area contributed by atoms with Gasteiger partial charge in [0.1, 0.15) is 0 Å². The molecule has 0 aromatic heterocycles. The Morgan fingerprint density at radius 3 is 2.50 bits per heavy atom. The normalized spacial score (nSPS) is 11.2. The van der Waals surface area contributed by atoms with Crippen LogP contribution in [-0.4, -0.2) is 6.61 Å². The van der Waals surface area contributed by atoms with E-state index in [2.05, 4.69) is 0 Å². The number of rotatable bonds is 4. The second kappa shape index (κ2) is 5.32. The van der Waals surface area contributed by atoms with Crippen molar-refractivity contribution in [1.29, 1.82) is 0 Å². The number of ether oxygens (including phenoxy) is 2. The van der Waals surface area contributed by atoms with Gasteiger partial charge in [-0.25, -0.2) is 0 Å². The molecule has 2 heteroatoms. The van der Waals surface area contributed by atoms with Gasteiger partial charge in [-0.2, -0.15) is 0 Å². The first-order valence-corrected chi connectivity index (χ1v) is 4.80. The number of allylic oxidation sites excluding steroid dienone is 2. The summed E-state index contributed by atoms with van der Waals surface area (Å²) in [5, 5.41) is 0. The lowest BCUT2D eigenvalue weighted by Gasteiger charge is -2.10. The first kappa shape index (κ1) is 10.6. The van der Waals surface area contributed by atoms with Crippen molar-refractivity contribution in [3.8, 4) is 11.5 Å². The van der Waals surface area contributed by atoms with Crippen molar-refractivity contribution in [3.63, 3.8) is 0 Å². The Labute approximate surface area is 85.2 Å². The van der Waals surface area contributed by atoms with E-state index < -0.39 is 0 Å². The quantitative estimate of drug-likeness (QED) is 0.681. The summed E-state index contributed by atoms with van der Waals surface area (Å²) < 4.78 is 11.0. The van der Waals surface area contributed by atoms with Crippen molar-refractivity contribution in [3.05, 3.63) is 36.1 Å². The zero-order valence-corrected chi connectivity index (χ0v) is 8.91. The lowest BCUT2D eigenvalue weighted by atomic mass is 10.3. The molecule has 0 unspecified atom stereocenters. The van der Waals surface area contributed by atoms with Crippen molar-refractivity contribution in [2.45, 2.75) is 20.8 Å². The van der Waals surface area contributed by atoms with E-state index >= 15 is 0 Å². The summed E-state index contributed by atoms with van der Waals surface area (Å²) in [4.78, 5) is 0. The summed E-state index contributed by atoms with van der Waals surface area (Å²) in [6.45, 7) is 6.47. The molecule has 0 aliphatic heterocycles. The van der Waals surface area contributed by atoms with Crippen molar-refractivity contribution < 1.29 is 9.47 Å². The van der Waals surface area contributed by atoms with Crippen molar-refractivity contribution in [1.82, 2.24) is 0 Å². The molecular weight excluding hydrogens is 176 g/mol. The van der Waals surface area contributed by atoms with Gasteiger partial charge in [-0.3, -0.25) is 0 Å². The van der Waals surface area contributed by atoms with Gasteiger partial charge < -0.3 is 9.47 Å². The minimum absolute atomic E-state index is 0.648. The highest BCUT2D eigenvalue weighted by Crippen LogP contribution is 2.27. The van der Waals surface area contributed by atoms with E-state index in [9.17, 15) is 0 Å².